The number of benzene rings is 1. The predicted octanol–water partition coefficient (Wildman–Crippen LogP) is 1.66. The van der Waals surface area contributed by atoms with Crippen molar-refractivity contribution in [1.82, 2.24) is 20.3 Å². The molecule has 0 unspecified atom stereocenters. The third-order valence-electron chi connectivity index (χ3n) is 4.65. The Hall–Kier alpha value is -1.75. The van der Waals surface area contributed by atoms with Crippen molar-refractivity contribution in [2.45, 2.75) is 18.3 Å². The molecule has 4 nitrogen and oxygen atoms in total. The van der Waals surface area contributed by atoms with Gasteiger partial charge >= 0.3 is 0 Å². The van der Waals surface area contributed by atoms with Crippen LogP contribution in [0.1, 0.15) is 18.5 Å². The van der Waals surface area contributed by atoms with Gasteiger partial charge in [-0.25, -0.2) is 9.07 Å². The topological polar surface area (TPSA) is 42.7 Å². The molecule has 1 saturated heterocycles. The molecule has 1 aliphatic heterocycles. The maximum atomic E-state index is 13.7. The molecule has 1 saturated carbocycles. The van der Waals surface area contributed by atoms with Gasteiger partial charge in [0.2, 0.25) is 0 Å². The average molecular weight is 258 g/mol. The molecule has 0 radical (unpaired) electrons. The van der Waals surface area contributed by atoms with Gasteiger partial charge in [-0.15, -0.1) is 5.10 Å². The predicted molar refractivity (Wildman–Crippen MR) is 68.6 cm³/mol. The third kappa shape index (κ3) is 1.48. The number of fused-ring (bicyclic) bond motifs is 1. The minimum Gasteiger partial charge on any atom is -0.315 e. The van der Waals surface area contributed by atoms with E-state index in [1.165, 1.54) is 12.5 Å². The minimum absolute atomic E-state index is 0.142. The second-order valence-corrected chi connectivity index (χ2v) is 5.52. The molecule has 2 aliphatic rings. The average Bonchev–Trinajstić information content (AvgIpc) is 2.97. The number of rotatable bonds is 2. The summed E-state index contributed by atoms with van der Waals surface area (Å²) >= 11 is 0. The lowest BCUT2D eigenvalue weighted by molar-refractivity contribution is 0.176. The van der Waals surface area contributed by atoms with Gasteiger partial charge in [0.1, 0.15) is 11.5 Å². The molecule has 1 aliphatic carbocycles. The highest BCUT2D eigenvalue weighted by molar-refractivity contribution is 5.34. The van der Waals surface area contributed by atoms with Gasteiger partial charge in [0.15, 0.2) is 0 Å². The summed E-state index contributed by atoms with van der Waals surface area (Å²) in [7, 11) is 0. The van der Waals surface area contributed by atoms with Gasteiger partial charge < -0.3 is 5.32 Å². The molecular weight excluding hydrogens is 243 g/mol. The number of hydrogen-bond donors (Lipinski definition) is 1. The molecule has 1 aromatic heterocycles. The normalized spacial score (nSPS) is 29.0. The van der Waals surface area contributed by atoms with Crippen molar-refractivity contribution in [1.29, 1.82) is 0 Å². The molecule has 2 heterocycles. The Labute approximate surface area is 110 Å². The quantitative estimate of drug-likeness (QED) is 0.890. The van der Waals surface area contributed by atoms with Crippen LogP contribution in [0.2, 0.25) is 0 Å². The number of aromatic nitrogens is 3. The van der Waals surface area contributed by atoms with E-state index in [4.69, 9.17) is 0 Å². The number of nitrogens with zero attached hydrogens (tertiary/aromatic N) is 3. The first-order chi connectivity index (χ1) is 9.29. The Balaban J connectivity index is 1.73. The number of hydrogen-bond acceptors (Lipinski definition) is 3. The lowest BCUT2D eigenvalue weighted by Gasteiger charge is -2.42. The molecule has 0 amide bonds. The SMILES string of the molecule is Fc1ccccc1-n1cc([C@]23CC[C@H]2CNC3)nn1. The minimum atomic E-state index is -0.272. The van der Waals surface area contributed by atoms with E-state index in [2.05, 4.69) is 15.6 Å². The standard InChI is InChI=1S/C14H15FN4/c15-11-3-1-2-4-12(11)19-8-13(17-18-19)14-6-5-10(14)7-16-9-14/h1-4,8,10,16H,5-7,9H2/t10-,14-/m0/s1. The lowest BCUT2D eigenvalue weighted by atomic mass is 9.60. The van der Waals surface area contributed by atoms with E-state index < -0.39 is 0 Å². The molecule has 2 atom stereocenters. The van der Waals surface area contributed by atoms with Crippen LogP contribution in [0, 0.1) is 11.7 Å². The zero-order valence-electron chi connectivity index (χ0n) is 10.5. The molecule has 2 fully saturated rings. The second kappa shape index (κ2) is 3.87. The van der Waals surface area contributed by atoms with Crippen molar-refractivity contribution >= 4 is 0 Å². The van der Waals surface area contributed by atoms with Crippen LogP contribution in [0.25, 0.3) is 5.69 Å². The van der Waals surface area contributed by atoms with Gasteiger partial charge in [-0.05, 0) is 37.4 Å². The van der Waals surface area contributed by atoms with Crippen LogP contribution in [0.15, 0.2) is 30.5 Å². The highest BCUT2D eigenvalue weighted by atomic mass is 19.1. The van der Waals surface area contributed by atoms with Gasteiger partial charge in [0, 0.05) is 12.0 Å². The molecule has 19 heavy (non-hydrogen) atoms. The summed E-state index contributed by atoms with van der Waals surface area (Å²) in [5.74, 6) is 0.393. The molecule has 0 spiro atoms. The van der Waals surface area contributed by atoms with Crippen molar-refractivity contribution in [2.24, 2.45) is 5.92 Å². The molecule has 5 heteroatoms. The van der Waals surface area contributed by atoms with E-state index in [-0.39, 0.29) is 11.2 Å². The smallest absolute Gasteiger partial charge is 0.148 e. The molecule has 4 rings (SSSR count). The lowest BCUT2D eigenvalue weighted by Crippen LogP contribution is -2.44. The monoisotopic (exact) mass is 258 g/mol. The summed E-state index contributed by atoms with van der Waals surface area (Å²) in [6.45, 7) is 2.03. The Morgan fingerprint density at radius 2 is 2.26 bits per heavy atom. The van der Waals surface area contributed by atoms with Crippen molar-refractivity contribution in [3.05, 3.63) is 42.0 Å². The molecule has 2 aromatic rings. The van der Waals surface area contributed by atoms with E-state index in [0.29, 0.717) is 11.6 Å². The summed E-state index contributed by atoms with van der Waals surface area (Å²) in [6.07, 6.45) is 4.29. The maximum Gasteiger partial charge on any atom is 0.148 e. The van der Waals surface area contributed by atoms with E-state index >= 15 is 0 Å². The van der Waals surface area contributed by atoms with E-state index in [0.717, 1.165) is 25.2 Å². The first kappa shape index (κ1) is 11.1. The van der Waals surface area contributed by atoms with Gasteiger partial charge in [-0.1, -0.05) is 17.3 Å². The molecule has 1 aromatic carbocycles. The van der Waals surface area contributed by atoms with Gasteiger partial charge in [-0.3, -0.25) is 0 Å². The summed E-state index contributed by atoms with van der Waals surface area (Å²) in [5.41, 5.74) is 1.60. The highest BCUT2D eigenvalue weighted by Gasteiger charge is 2.52. The van der Waals surface area contributed by atoms with Crippen molar-refractivity contribution < 1.29 is 4.39 Å². The first-order valence-corrected chi connectivity index (χ1v) is 6.68. The first-order valence-electron chi connectivity index (χ1n) is 6.68. The number of halogens is 1. The summed E-state index contributed by atoms with van der Waals surface area (Å²) in [4.78, 5) is 0. The highest BCUT2D eigenvalue weighted by Crippen LogP contribution is 2.50. The Bertz CT molecular complexity index is 623. The Kier molecular flexibility index (Phi) is 2.26. The van der Waals surface area contributed by atoms with Gasteiger partial charge in [0.05, 0.1) is 11.9 Å². The fourth-order valence-electron chi connectivity index (χ4n) is 3.37. The molecule has 1 N–H and O–H groups in total. The molecular formula is C14H15FN4. The van der Waals surface area contributed by atoms with Crippen LogP contribution in [0.3, 0.4) is 0 Å². The van der Waals surface area contributed by atoms with E-state index in [9.17, 15) is 4.39 Å². The van der Waals surface area contributed by atoms with Gasteiger partial charge in [0.25, 0.3) is 0 Å². The van der Waals surface area contributed by atoms with Crippen LogP contribution in [0.4, 0.5) is 4.39 Å². The van der Waals surface area contributed by atoms with Crippen LogP contribution in [-0.2, 0) is 5.41 Å². The Morgan fingerprint density at radius 3 is 3.00 bits per heavy atom. The van der Waals surface area contributed by atoms with Crippen LogP contribution in [0.5, 0.6) is 0 Å². The van der Waals surface area contributed by atoms with Gasteiger partial charge in [-0.2, -0.15) is 0 Å². The largest absolute Gasteiger partial charge is 0.315 e. The number of nitrogens with one attached hydrogen (secondary N) is 1. The van der Waals surface area contributed by atoms with Crippen molar-refractivity contribution in [3.8, 4) is 5.69 Å². The fraction of sp³-hybridized carbons (Fsp3) is 0.429. The fourth-order valence-corrected chi connectivity index (χ4v) is 3.37. The van der Waals surface area contributed by atoms with Crippen LogP contribution in [-0.4, -0.2) is 28.1 Å². The Morgan fingerprint density at radius 1 is 1.37 bits per heavy atom. The number of para-hydroxylation sites is 1. The van der Waals surface area contributed by atoms with E-state index in [1.807, 2.05) is 6.20 Å². The summed E-state index contributed by atoms with van der Waals surface area (Å²) in [6, 6.07) is 6.65. The summed E-state index contributed by atoms with van der Waals surface area (Å²) < 4.78 is 15.3. The van der Waals surface area contributed by atoms with Crippen LogP contribution < -0.4 is 5.32 Å². The maximum absolute atomic E-state index is 13.7. The van der Waals surface area contributed by atoms with Crippen LogP contribution >= 0.6 is 0 Å². The third-order valence-corrected chi connectivity index (χ3v) is 4.65. The zero-order chi connectivity index (χ0) is 12.9. The molecule has 98 valence electrons. The van der Waals surface area contributed by atoms with E-state index in [1.54, 1.807) is 22.9 Å². The van der Waals surface area contributed by atoms with Crippen molar-refractivity contribution in [3.63, 3.8) is 0 Å². The van der Waals surface area contributed by atoms with Crippen molar-refractivity contribution in [2.75, 3.05) is 13.1 Å². The zero-order valence-corrected chi connectivity index (χ0v) is 10.5. The second-order valence-electron chi connectivity index (χ2n) is 5.52. The summed E-state index contributed by atoms with van der Waals surface area (Å²) in [5, 5.41) is 11.8. The molecule has 0 bridgehead atoms.